The molecule has 2 aromatic heterocycles. The van der Waals surface area contributed by atoms with Crippen LogP contribution >= 0.6 is 15.9 Å². The number of ether oxygens (including phenoxy) is 1. The average molecular weight is 553 g/mol. The summed E-state index contributed by atoms with van der Waals surface area (Å²) >= 11 is 3.45. The minimum absolute atomic E-state index is 0.0130. The molecule has 36 heavy (non-hydrogen) atoms. The topological polar surface area (TPSA) is 127 Å². The lowest BCUT2D eigenvalue weighted by atomic mass is 10.2. The summed E-state index contributed by atoms with van der Waals surface area (Å²) in [7, 11) is 1.50. The number of nitrogens with one attached hydrogen (secondary N) is 2. The summed E-state index contributed by atoms with van der Waals surface area (Å²) in [5, 5.41) is 14.9. The van der Waals surface area contributed by atoms with Gasteiger partial charge in [-0.3, -0.25) is 14.3 Å². The molecule has 4 aromatic rings. The number of benzene rings is 2. The molecule has 0 aliphatic carbocycles. The lowest BCUT2D eigenvalue weighted by Crippen LogP contribution is -2.30. The Balaban J connectivity index is 1.59. The van der Waals surface area contributed by atoms with Gasteiger partial charge >= 0.3 is 5.69 Å². The van der Waals surface area contributed by atoms with Crippen LogP contribution in [-0.2, 0) is 13.6 Å². The first kappa shape index (κ1) is 25.1. The molecule has 186 valence electrons. The Morgan fingerprint density at radius 2 is 2.03 bits per heavy atom. The lowest BCUT2D eigenvalue weighted by Gasteiger charge is -2.15. The number of imidazole rings is 1. The molecule has 0 aliphatic heterocycles. The van der Waals surface area contributed by atoms with Crippen LogP contribution in [0.2, 0.25) is 0 Å². The van der Waals surface area contributed by atoms with Crippen molar-refractivity contribution in [2.45, 2.75) is 19.6 Å². The summed E-state index contributed by atoms with van der Waals surface area (Å²) < 4.78 is 9.10. The molecule has 0 saturated heterocycles. The van der Waals surface area contributed by atoms with E-state index in [1.165, 1.54) is 22.4 Å². The number of rotatable bonds is 9. The van der Waals surface area contributed by atoms with Gasteiger partial charge in [0.15, 0.2) is 11.2 Å². The number of halogens is 1. The summed E-state index contributed by atoms with van der Waals surface area (Å²) in [4.78, 5) is 31.4. The molecule has 2 aromatic carbocycles. The van der Waals surface area contributed by atoms with E-state index in [-0.39, 0.29) is 30.3 Å². The number of aromatic nitrogens is 4. The van der Waals surface area contributed by atoms with E-state index in [0.29, 0.717) is 10.2 Å². The average Bonchev–Trinajstić information content (AvgIpc) is 3.20. The molecular formula is C25H25BrN6O4. The second-order valence-corrected chi connectivity index (χ2v) is 9.04. The van der Waals surface area contributed by atoms with Crippen molar-refractivity contribution in [3.05, 3.63) is 91.0 Å². The molecule has 11 heteroatoms. The number of fused-ring (bicyclic) bond motifs is 1. The number of hydrazone groups is 1. The van der Waals surface area contributed by atoms with E-state index in [2.05, 4.69) is 36.4 Å². The van der Waals surface area contributed by atoms with E-state index < -0.39 is 17.4 Å². The smallest absolute Gasteiger partial charge is 0.329 e. The zero-order chi connectivity index (χ0) is 25.7. The predicted octanol–water partition coefficient (Wildman–Crippen LogP) is 3.01. The first-order valence-corrected chi connectivity index (χ1v) is 11.9. The third-order valence-corrected chi connectivity index (χ3v) is 5.72. The first-order chi connectivity index (χ1) is 17.3. The second kappa shape index (κ2) is 11.2. The number of aromatic amines is 1. The molecule has 0 fully saturated rings. The van der Waals surface area contributed by atoms with Gasteiger partial charge in [0.25, 0.3) is 5.56 Å². The lowest BCUT2D eigenvalue weighted by molar-refractivity contribution is 0.0938. The zero-order valence-electron chi connectivity index (χ0n) is 19.7. The van der Waals surface area contributed by atoms with Crippen LogP contribution in [-0.4, -0.2) is 43.1 Å². The van der Waals surface area contributed by atoms with Gasteiger partial charge in [0.2, 0.25) is 5.95 Å². The molecule has 0 aliphatic rings. The minimum Gasteiger partial charge on any atom is -0.491 e. The highest BCUT2D eigenvalue weighted by Crippen LogP contribution is 2.18. The quantitative estimate of drug-likeness (QED) is 0.216. The molecule has 2 heterocycles. The molecule has 0 saturated carbocycles. The SMILES string of the molecule is Cc1cccc(OCC(O)Cn2c(NN=CC(Br)=Cc3ccccc3)nc3c2c(=O)[nH]c(=O)n3C)c1. The molecule has 1 unspecified atom stereocenters. The monoisotopic (exact) mass is 552 g/mol. The highest BCUT2D eigenvalue weighted by molar-refractivity contribution is 9.12. The van der Waals surface area contributed by atoms with Crippen LogP contribution < -0.4 is 21.4 Å². The number of aliphatic hydroxyl groups is 1. The Morgan fingerprint density at radius 3 is 2.78 bits per heavy atom. The van der Waals surface area contributed by atoms with Crippen molar-refractivity contribution >= 4 is 45.3 Å². The maximum Gasteiger partial charge on any atom is 0.329 e. The number of allylic oxidation sites excluding steroid dienone is 1. The number of nitrogens with zero attached hydrogens (tertiary/aromatic N) is 4. The predicted molar refractivity (Wildman–Crippen MR) is 144 cm³/mol. The van der Waals surface area contributed by atoms with E-state index in [1.54, 1.807) is 6.07 Å². The van der Waals surface area contributed by atoms with Crippen molar-refractivity contribution < 1.29 is 9.84 Å². The fourth-order valence-corrected chi connectivity index (χ4v) is 3.92. The van der Waals surface area contributed by atoms with Crippen LogP contribution in [0.4, 0.5) is 5.95 Å². The molecule has 4 rings (SSSR count). The number of hydrogen-bond acceptors (Lipinski definition) is 7. The standard InChI is InChI=1S/C25H25BrN6O4/c1-16-7-6-10-20(11-16)36-15-19(33)14-32-21-22(31(2)25(35)29-23(21)34)28-24(32)30-27-13-18(26)12-17-8-4-3-5-9-17/h3-13,19,33H,14-15H2,1-2H3,(H,28,30)(H,29,34,35). The van der Waals surface area contributed by atoms with Crippen LogP contribution in [0, 0.1) is 6.92 Å². The van der Waals surface area contributed by atoms with Gasteiger partial charge in [0.05, 0.1) is 12.8 Å². The summed E-state index contributed by atoms with van der Waals surface area (Å²) in [5.74, 6) is 0.811. The van der Waals surface area contributed by atoms with Gasteiger partial charge in [-0.1, -0.05) is 42.5 Å². The Hall–Kier alpha value is -3.96. The Kier molecular flexibility index (Phi) is 7.81. The van der Waals surface area contributed by atoms with Gasteiger partial charge in [-0.25, -0.2) is 10.2 Å². The van der Waals surface area contributed by atoms with Crippen molar-refractivity contribution in [1.82, 2.24) is 19.1 Å². The van der Waals surface area contributed by atoms with E-state index in [9.17, 15) is 14.7 Å². The first-order valence-electron chi connectivity index (χ1n) is 11.1. The van der Waals surface area contributed by atoms with Gasteiger partial charge in [-0.15, -0.1) is 0 Å². The highest BCUT2D eigenvalue weighted by atomic mass is 79.9. The summed E-state index contributed by atoms with van der Waals surface area (Å²) in [6.45, 7) is 1.91. The molecular weight excluding hydrogens is 528 g/mol. The number of hydrogen-bond donors (Lipinski definition) is 3. The van der Waals surface area contributed by atoms with E-state index >= 15 is 0 Å². The number of anilines is 1. The van der Waals surface area contributed by atoms with Crippen molar-refractivity contribution in [3.8, 4) is 5.75 Å². The van der Waals surface area contributed by atoms with Gasteiger partial charge in [0.1, 0.15) is 18.5 Å². The van der Waals surface area contributed by atoms with Crippen molar-refractivity contribution in [2.75, 3.05) is 12.0 Å². The Labute approximate surface area is 214 Å². The van der Waals surface area contributed by atoms with Crippen LogP contribution in [0.3, 0.4) is 0 Å². The zero-order valence-corrected chi connectivity index (χ0v) is 21.3. The molecule has 0 bridgehead atoms. The third-order valence-electron chi connectivity index (χ3n) is 5.29. The van der Waals surface area contributed by atoms with Gasteiger partial charge in [-0.2, -0.15) is 10.1 Å². The number of H-pyrrole nitrogens is 1. The van der Waals surface area contributed by atoms with Crippen molar-refractivity contribution in [2.24, 2.45) is 12.1 Å². The third kappa shape index (κ3) is 5.99. The highest BCUT2D eigenvalue weighted by Gasteiger charge is 2.20. The van der Waals surface area contributed by atoms with Crippen molar-refractivity contribution in [3.63, 3.8) is 0 Å². The van der Waals surface area contributed by atoms with E-state index in [1.807, 2.05) is 61.5 Å². The van der Waals surface area contributed by atoms with Gasteiger partial charge < -0.3 is 14.4 Å². The second-order valence-electron chi connectivity index (χ2n) is 8.13. The molecule has 10 nitrogen and oxygen atoms in total. The number of aryl methyl sites for hydroxylation is 2. The fourth-order valence-electron chi connectivity index (χ4n) is 3.56. The maximum absolute atomic E-state index is 12.6. The maximum atomic E-state index is 12.6. The van der Waals surface area contributed by atoms with Gasteiger partial charge in [-0.05, 0) is 52.2 Å². The molecule has 0 radical (unpaired) electrons. The van der Waals surface area contributed by atoms with Crippen LogP contribution in [0.25, 0.3) is 17.2 Å². The largest absolute Gasteiger partial charge is 0.491 e. The van der Waals surface area contributed by atoms with E-state index in [0.717, 1.165) is 11.1 Å². The normalized spacial score (nSPS) is 12.8. The molecule has 0 amide bonds. The summed E-state index contributed by atoms with van der Waals surface area (Å²) in [5.41, 5.74) is 3.91. The Bertz CT molecular complexity index is 1540. The Morgan fingerprint density at radius 1 is 1.25 bits per heavy atom. The van der Waals surface area contributed by atoms with Crippen molar-refractivity contribution in [1.29, 1.82) is 0 Å². The minimum atomic E-state index is -0.978. The van der Waals surface area contributed by atoms with E-state index in [4.69, 9.17) is 4.74 Å². The van der Waals surface area contributed by atoms with Gasteiger partial charge in [0, 0.05) is 11.5 Å². The van der Waals surface area contributed by atoms with Crippen LogP contribution in [0.1, 0.15) is 11.1 Å². The number of aliphatic hydroxyl groups excluding tert-OH is 1. The van der Waals surface area contributed by atoms with Crippen LogP contribution in [0.15, 0.2) is 73.8 Å². The van der Waals surface area contributed by atoms with Crippen LogP contribution in [0.5, 0.6) is 5.75 Å². The molecule has 1 atom stereocenters. The molecule has 3 N–H and O–H groups in total. The fraction of sp³-hybridized carbons (Fsp3) is 0.200. The molecule has 0 spiro atoms. The summed E-state index contributed by atoms with van der Waals surface area (Å²) in [6.07, 6.45) is 2.44. The summed E-state index contributed by atoms with van der Waals surface area (Å²) in [6, 6.07) is 17.2.